The van der Waals surface area contributed by atoms with E-state index in [0.29, 0.717) is 5.46 Å². The second-order valence-corrected chi connectivity index (χ2v) is 8.76. The van der Waals surface area contributed by atoms with Crippen LogP contribution in [-0.4, -0.2) is 29.1 Å². The zero-order valence-corrected chi connectivity index (χ0v) is 21.1. The van der Waals surface area contributed by atoms with Crippen LogP contribution in [0.3, 0.4) is 0 Å². The van der Waals surface area contributed by atoms with Crippen molar-refractivity contribution in [3.63, 3.8) is 0 Å². The summed E-state index contributed by atoms with van der Waals surface area (Å²) < 4.78 is 0. The average molecular weight is 414 g/mol. The first-order valence-electron chi connectivity index (χ1n) is 11.1. The minimum Gasteiger partial charge on any atom is -0.447 e. The fourth-order valence-corrected chi connectivity index (χ4v) is 2.67. The van der Waals surface area contributed by atoms with Gasteiger partial charge in [0.1, 0.15) is 0 Å². The summed E-state index contributed by atoms with van der Waals surface area (Å²) in [7, 11) is -1.38. The van der Waals surface area contributed by atoms with Gasteiger partial charge in [0.2, 0.25) is 0 Å². The molecule has 30 heavy (non-hydrogen) atoms. The predicted molar refractivity (Wildman–Crippen MR) is 136 cm³/mol. The molecule has 0 atom stereocenters. The Kier molecular flexibility index (Phi) is 14.8. The molecule has 0 amide bonds. The van der Waals surface area contributed by atoms with Crippen LogP contribution in [-0.2, 0) is 10.8 Å². The van der Waals surface area contributed by atoms with E-state index in [1.165, 1.54) is 5.56 Å². The highest BCUT2D eigenvalue weighted by Crippen LogP contribution is 2.21. The topological polar surface area (TPSA) is 60.7 Å². The Labute approximate surface area is 186 Å². The van der Waals surface area contributed by atoms with Gasteiger partial charge in [-0.15, -0.1) is 0 Å². The van der Waals surface area contributed by atoms with Gasteiger partial charge in [-0.3, -0.25) is 0 Å². The molecule has 2 aromatic rings. The first kappa shape index (κ1) is 30.6. The molecule has 0 aromatic heterocycles. The highest BCUT2D eigenvalue weighted by Gasteiger charge is 2.23. The van der Waals surface area contributed by atoms with Crippen LogP contribution in [0.1, 0.15) is 80.4 Å². The molecule has 0 aliphatic heterocycles. The van der Waals surface area contributed by atoms with Crippen molar-refractivity contribution in [1.29, 1.82) is 0 Å². The summed E-state index contributed by atoms with van der Waals surface area (Å²) in [5.41, 5.74) is 3.99. The van der Waals surface area contributed by atoms with E-state index in [9.17, 15) is 5.02 Å². The molecule has 0 radical (unpaired) electrons. The van der Waals surface area contributed by atoms with E-state index >= 15 is 0 Å². The van der Waals surface area contributed by atoms with E-state index in [0.717, 1.165) is 11.0 Å². The Hall–Kier alpha value is -1.55. The third kappa shape index (κ3) is 11.0. The molecule has 0 heterocycles. The second-order valence-electron chi connectivity index (χ2n) is 8.76. The standard InChI is InChI=1S/C11H17BO.C10H15BO2.2C2H6/c1-11(2,3)9-5-7-10(8-6-9)12(4)13;1-10(2,3)8-6-4-5-7-9(8)11(12)13;2*1-2/h5-8,13H,1-4H3;4-7,12-13H,1-3H3;2*1-2H3. The van der Waals surface area contributed by atoms with Gasteiger partial charge in [-0.25, -0.2) is 0 Å². The van der Waals surface area contributed by atoms with Crippen LogP contribution in [0, 0.1) is 0 Å². The van der Waals surface area contributed by atoms with Crippen LogP contribution in [0.25, 0.3) is 0 Å². The van der Waals surface area contributed by atoms with Crippen molar-refractivity contribution in [3.8, 4) is 0 Å². The lowest BCUT2D eigenvalue weighted by Gasteiger charge is -2.22. The lowest BCUT2D eigenvalue weighted by atomic mass is 9.64. The maximum Gasteiger partial charge on any atom is 0.488 e. The lowest BCUT2D eigenvalue weighted by Crippen LogP contribution is -2.36. The molecule has 0 spiro atoms. The highest BCUT2D eigenvalue weighted by molar-refractivity contribution is 6.64. The number of hydrogen-bond donors (Lipinski definition) is 3. The van der Waals surface area contributed by atoms with E-state index < -0.39 is 7.12 Å². The largest absolute Gasteiger partial charge is 0.488 e. The Morgan fingerprint density at radius 2 is 1.07 bits per heavy atom. The molecule has 3 N–H and O–H groups in total. The number of benzene rings is 2. The summed E-state index contributed by atoms with van der Waals surface area (Å²) in [6.45, 7) is 22.1. The van der Waals surface area contributed by atoms with Crippen LogP contribution in [0.5, 0.6) is 0 Å². The molecular formula is C25H44B2O3. The zero-order valence-electron chi connectivity index (χ0n) is 21.1. The van der Waals surface area contributed by atoms with E-state index in [2.05, 4.69) is 32.9 Å². The predicted octanol–water partition coefficient (Wildman–Crippen LogP) is 4.52. The fourth-order valence-electron chi connectivity index (χ4n) is 2.67. The summed E-state index contributed by atoms with van der Waals surface area (Å²) >= 11 is 0. The molecule has 5 heteroatoms. The van der Waals surface area contributed by atoms with Crippen LogP contribution in [0.4, 0.5) is 0 Å². The minimum absolute atomic E-state index is 0.0553. The van der Waals surface area contributed by atoms with Crippen molar-refractivity contribution in [2.45, 2.75) is 86.9 Å². The van der Waals surface area contributed by atoms with Crippen molar-refractivity contribution in [2.24, 2.45) is 0 Å². The maximum absolute atomic E-state index is 9.32. The third-order valence-corrected chi connectivity index (χ3v) is 4.31. The van der Waals surface area contributed by atoms with Crippen molar-refractivity contribution < 1.29 is 15.1 Å². The van der Waals surface area contributed by atoms with Crippen molar-refractivity contribution >= 4 is 25.0 Å². The Balaban J connectivity index is 0. The summed E-state index contributed by atoms with van der Waals surface area (Å²) in [6, 6.07) is 15.5. The van der Waals surface area contributed by atoms with E-state index in [1.807, 2.05) is 78.8 Å². The van der Waals surface area contributed by atoms with Gasteiger partial charge in [-0.05, 0) is 32.9 Å². The Bertz CT molecular complexity index is 683. The molecule has 0 aliphatic rings. The smallest absolute Gasteiger partial charge is 0.447 e. The van der Waals surface area contributed by atoms with Gasteiger partial charge in [0.15, 0.2) is 0 Å². The molecule has 168 valence electrons. The van der Waals surface area contributed by atoms with Gasteiger partial charge in [0, 0.05) is 0 Å². The SMILES string of the molecule is CB(O)c1ccc(C(C)(C)C)cc1.CC.CC.CC(C)(C)c1ccccc1B(O)O. The van der Waals surface area contributed by atoms with E-state index in [-0.39, 0.29) is 17.7 Å². The van der Waals surface area contributed by atoms with E-state index in [4.69, 9.17) is 10.0 Å². The quantitative estimate of drug-likeness (QED) is 0.634. The van der Waals surface area contributed by atoms with Gasteiger partial charge < -0.3 is 15.1 Å². The minimum atomic E-state index is -1.38. The maximum atomic E-state index is 9.32. The third-order valence-electron chi connectivity index (χ3n) is 4.31. The normalized spacial score (nSPS) is 10.3. The first-order valence-corrected chi connectivity index (χ1v) is 11.1. The van der Waals surface area contributed by atoms with Crippen molar-refractivity contribution in [1.82, 2.24) is 0 Å². The van der Waals surface area contributed by atoms with Gasteiger partial charge in [0.05, 0.1) is 0 Å². The molecule has 2 rings (SSSR count). The molecule has 2 aromatic carbocycles. The number of rotatable bonds is 2. The Morgan fingerprint density at radius 3 is 1.37 bits per heavy atom. The molecule has 0 fully saturated rings. The van der Waals surface area contributed by atoms with Gasteiger partial charge in [0.25, 0.3) is 0 Å². The average Bonchev–Trinajstić information content (AvgIpc) is 2.70. The molecule has 3 nitrogen and oxygen atoms in total. The first-order chi connectivity index (χ1) is 13.8. The zero-order chi connectivity index (χ0) is 24.1. The summed E-state index contributed by atoms with van der Waals surface area (Å²) in [4.78, 5) is 0. The lowest BCUT2D eigenvalue weighted by molar-refractivity contribution is 0.424. The highest BCUT2D eigenvalue weighted by atomic mass is 16.4. The second kappa shape index (κ2) is 14.5. The van der Waals surface area contributed by atoms with Gasteiger partial charge in [-0.1, -0.05) is 125 Å². The van der Waals surface area contributed by atoms with Crippen LogP contribution in [0.15, 0.2) is 48.5 Å². The number of hydrogen-bond acceptors (Lipinski definition) is 3. The van der Waals surface area contributed by atoms with Crippen molar-refractivity contribution in [2.75, 3.05) is 0 Å². The fraction of sp³-hybridized carbons (Fsp3) is 0.520. The molecular weight excluding hydrogens is 370 g/mol. The molecule has 0 aliphatic carbocycles. The van der Waals surface area contributed by atoms with Crippen LogP contribution >= 0.6 is 0 Å². The molecule has 0 bridgehead atoms. The monoisotopic (exact) mass is 414 g/mol. The van der Waals surface area contributed by atoms with Crippen molar-refractivity contribution in [3.05, 3.63) is 59.7 Å². The molecule has 0 saturated heterocycles. The van der Waals surface area contributed by atoms with Crippen LogP contribution in [0.2, 0.25) is 6.82 Å². The Morgan fingerprint density at radius 1 is 0.633 bits per heavy atom. The van der Waals surface area contributed by atoms with E-state index in [1.54, 1.807) is 12.9 Å². The summed E-state index contributed by atoms with van der Waals surface area (Å²) in [6.07, 6.45) is 0. The summed E-state index contributed by atoms with van der Waals surface area (Å²) in [5.74, 6) is 0. The van der Waals surface area contributed by atoms with Gasteiger partial charge in [-0.2, -0.15) is 0 Å². The molecule has 0 unspecified atom stereocenters. The van der Waals surface area contributed by atoms with Gasteiger partial charge >= 0.3 is 14.0 Å². The summed E-state index contributed by atoms with van der Waals surface area (Å²) in [5, 5.41) is 27.6. The van der Waals surface area contributed by atoms with Crippen LogP contribution < -0.4 is 10.9 Å². The molecule has 0 saturated carbocycles.